The van der Waals surface area contributed by atoms with Crippen LogP contribution in [-0.2, 0) is 6.18 Å². The second-order valence-electron chi connectivity index (χ2n) is 5.47. The third-order valence-corrected chi connectivity index (χ3v) is 4.12. The van der Waals surface area contributed by atoms with Crippen molar-refractivity contribution in [2.75, 3.05) is 32.8 Å². The first kappa shape index (κ1) is 17.7. The highest BCUT2D eigenvalue weighted by Gasteiger charge is 2.37. The number of hydrogen-bond acceptors (Lipinski definition) is 4. The first-order valence-corrected chi connectivity index (χ1v) is 7.54. The molecule has 1 atom stereocenters. The lowest BCUT2D eigenvalue weighted by Gasteiger charge is -2.38. The van der Waals surface area contributed by atoms with Crippen molar-refractivity contribution in [1.82, 2.24) is 14.8 Å². The van der Waals surface area contributed by atoms with E-state index in [-0.39, 0.29) is 12.6 Å². The van der Waals surface area contributed by atoms with Crippen molar-refractivity contribution < 1.29 is 23.1 Å². The average molecular weight is 331 g/mol. The molecular formula is C15H20F3N3O2. The van der Waals surface area contributed by atoms with Crippen LogP contribution in [0.4, 0.5) is 13.2 Å². The summed E-state index contributed by atoms with van der Waals surface area (Å²) >= 11 is 0. The summed E-state index contributed by atoms with van der Waals surface area (Å²) < 4.78 is 39.0. The molecule has 2 rings (SSSR count). The SMILES string of the molecule is CCC(CO)N1CCN(C(=O)c2ncccc2C(F)(F)F)CC1. The molecule has 1 amide bonds. The van der Waals surface area contributed by atoms with Crippen LogP contribution in [0, 0.1) is 0 Å². The fourth-order valence-corrected chi connectivity index (χ4v) is 2.75. The summed E-state index contributed by atoms with van der Waals surface area (Å²) in [6.45, 7) is 3.69. The zero-order valence-corrected chi connectivity index (χ0v) is 12.9. The molecule has 0 aromatic carbocycles. The summed E-state index contributed by atoms with van der Waals surface area (Å²) in [6.07, 6.45) is -2.63. The average Bonchev–Trinajstić information content (AvgIpc) is 2.55. The third kappa shape index (κ3) is 4.00. The van der Waals surface area contributed by atoms with Gasteiger partial charge in [-0.05, 0) is 18.6 Å². The van der Waals surface area contributed by atoms with E-state index < -0.39 is 23.3 Å². The molecule has 1 N–H and O–H groups in total. The smallest absolute Gasteiger partial charge is 0.395 e. The van der Waals surface area contributed by atoms with Crippen LogP contribution < -0.4 is 0 Å². The minimum absolute atomic E-state index is 0.0211. The number of hydrogen-bond donors (Lipinski definition) is 1. The highest BCUT2D eigenvalue weighted by atomic mass is 19.4. The first-order valence-electron chi connectivity index (χ1n) is 7.54. The van der Waals surface area contributed by atoms with Gasteiger partial charge in [-0.3, -0.25) is 14.7 Å². The molecule has 1 unspecified atom stereocenters. The Labute approximate surface area is 132 Å². The van der Waals surface area contributed by atoms with Gasteiger partial charge in [0.25, 0.3) is 5.91 Å². The second kappa shape index (κ2) is 7.27. The van der Waals surface area contributed by atoms with E-state index >= 15 is 0 Å². The van der Waals surface area contributed by atoms with E-state index in [4.69, 9.17) is 0 Å². The van der Waals surface area contributed by atoms with Gasteiger partial charge < -0.3 is 10.0 Å². The van der Waals surface area contributed by atoms with Gasteiger partial charge in [-0.1, -0.05) is 6.92 Å². The number of rotatable bonds is 4. The molecule has 1 fully saturated rings. The molecule has 23 heavy (non-hydrogen) atoms. The zero-order chi connectivity index (χ0) is 17.0. The molecule has 1 aliphatic heterocycles. The summed E-state index contributed by atoms with van der Waals surface area (Å²) in [5.41, 5.74) is -1.56. The number of piperazine rings is 1. The van der Waals surface area contributed by atoms with Crippen LogP contribution in [0.2, 0.25) is 0 Å². The fourth-order valence-electron chi connectivity index (χ4n) is 2.75. The quantitative estimate of drug-likeness (QED) is 0.911. The minimum atomic E-state index is -4.61. The van der Waals surface area contributed by atoms with E-state index in [1.807, 2.05) is 11.8 Å². The number of aromatic nitrogens is 1. The molecule has 2 heterocycles. The van der Waals surface area contributed by atoms with Gasteiger partial charge in [0.05, 0.1) is 12.2 Å². The Morgan fingerprint density at radius 1 is 1.35 bits per heavy atom. The first-order chi connectivity index (χ1) is 10.9. The number of pyridine rings is 1. The van der Waals surface area contributed by atoms with Crippen molar-refractivity contribution >= 4 is 5.91 Å². The Kier molecular flexibility index (Phi) is 5.59. The highest BCUT2D eigenvalue weighted by Crippen LogP contribution is 2.31. The highest BCUT2D eigenvalue weighted by molar-refractivity contribution is 5.94. The van der Waals surface area contributed by atoms with E-state index in [1.165, 1.54) is 17.2 Å². The van der Waals surface area contributed by atoms with E-state index in [2.05, 4.69) is 4.98 Å². The van der Waals surface area contributed by atoms with Crippen LogP contribution >= 0.6 is 0 Å². The van der Waals surface area contributed by atoms with Crippen molar-refractivity contribution in [2.45, 2.75) is 25.6 Å². The van der Waals surface area contributed by atoms with Gasteiger partial charge in [-0.25, -0.2) is 0 Å². The molecule has 0 radical (unpaired) electrons. The number of carbonyl (C=O) groups is 1. The Morgan fingerprint density at radius 2 is 2.00 bits per heavy atom. The van der Waals surface area contributed by atoms with Crippen molar-refractivity contribution in [2.24, 2.45) is 0 Å². The molecular weight excluding hydrogens is 311 g/mol. The van der Waals surface area contributed by atoms with Gasteiger partial charge in [0.15, 0.2) is 0 Å². The number of amides is 1. The molecule has 0 saturated carbocycles. The van der Waals surface area contributed by atoms with Gasteiger partial charge in [0, 0.05) is 38.4 Å². The minimum Gasteiger partial charge on any atom is -0.395 e. The van der Waals surface area contributed by atoms with Crippen LogP contribution in [0.5, 0.6) is 0 Å². The van der Waals surface area contributed by atoms with Gasteiger partial charge in [-0.15, -0.1) is 0 Å². The Bertz CT molecular complexity index is 539. The molecule has 1 aliphatic rings. The zero-order valence-electron chi connectivity index (χ0n) is 12.9. The van der Waals surface area contributed by atoms with E-state index in [9.17, 15) is 23.1 Å². The maximum Gasteiger partial charge on any atom is 0.418 e. The van der Waals surface area contributed by atoms with Crippen molar-refractivity contribution in [3.63, 3.8) is 0 Å². The van der Waals surface area contributed by atoms with Crippen LogP contribution in [-0.4, -0.2) is 64.6 Å². The monoisotopic (exact) mass is 331 g/mol. The van der Waals surface area contributed by atoms with Crippen LogP contribution in [0.3, 0.4) is 0 Å². The molecule has 8 heteroatoms. The van der Waals surface area contributed by atoms with Crippen LogP contribution in [0.25, 0.3) is 0 Å². The maximum absolute atomic E-state index is 13.0. The van der Waals surface area contributed by atoms with Crippen molar-refractivity contribution in [3.8, 4) is 0 Å². The van der Waals surface area contributed by atoms with Crippen LogP contribution in [0.1, 0.15) is 29.4 Å². The molecule has 128 valence electrons. The van der Waals surface area contributed by atoms with Crippen LogP contribution in [0.15, 0.2) is 18.3 Å². The lowest BCUT2D eigenvalue weighted by Crippen LogP contribution is -2.53. The number of aliphatic hydroxyl groups excluding tert-OH is 1. The number of alkyl halides is 3. The number of nitrogens with zero attached hydrogens (tertiary/aromatic N) is 3. The lowest BCUT2D eigenvalue weighted by atomic mass is 10.1. The third-order valence-electron chi connectivity index (χ3n) is 4.12. The van der Waals surface area contributed by atoms with Gasteiger partial charge >= 0.3 is 6.18 Å². The summed E-state index contributed by atoms with van der Waals surface area (Å²) in [5, 5.41) is 9.30. The molecule has 5 nitrogen and oxygen atoms in total. The topological polar surface area (TPSA) is 56.7 Å². The Hall–Kier alpha value is -1.67. The molecule has 1 saturated heterocycles. The molecule has 0 aliphatic carbocycles. The van der Waals surface area contributed by atoms with Gasteiger partial charge in [0.2, 0.25) is 0 Å². The Morgan fingerprint density at radius 3 is 2.52 bits per heavy atom. The number of halogens is 3. The summed E-state index contributed by atoms with van der Waals surface area (Å²) in [7, 11) is 0. The largest absolute Gasteiger partial charge is 0.418 e. The van der Waals surface area contributed by atoms with Gasteiger partial charge in [-0.2, -0.15) is 13.2 Å². The predicted octanol–water partition coefficient (Wildman–Crippen LogP) is 1.63. The van der Waals surface area contributed by atoms with Crippen molar-refractivity contribution in [1.29, 1.82) is 0 Å². The summed E-state index contributed by atoms with van der Waals surface area (Å²) in [4.78, 5) is 19.5. The predicted molar refractivity (Wildman–Crippen MR) is 77.9 cm³/mol. The molecule has 0 spiro atoms. The molecule has 1 aromatic rings. The Balaban J connectivity index is 2.09. The molecule has 0 bridgehead atoms. The van der Waals surface area contributed by atoms with E-state index in [1.54, 1.807) is 0 Å². The molecule has 1 aromatic heterocycles. The number of carbonyl (C=O) groups excluding carboxylic acids is 1. The lowest BCUT2D eigenvalue weighted by molar-refractivity contribution is -0.138. The second-order valence-corrected chi connectivity index (χ2v) is 5.47. The standard InChI is InChI=1S/C15H20F3N3O2/c1-2-11(10-22)20-6-8-21(9-7-20)14(23)13-12(15(16,17)18)4-3-5-19-13/h3-5,11,22H,2,6-10H2,1H3. The van der Waals surface area contributed by atoms with E-state index in [0.29, 0.717) is 26.2 Å². The normalized spacial score (nSPS) is 18.0. The summed E-state index contributed by atoms with van der Waals surface area (Å²) in [6, 6.07) is 2.06. The summed E-state index contributed by atoms with van der Waals surface area (Å²) in [5.74, 6) is -0.699. The number of aliphatic hydroxyl groups is 1. The van der Waals surface area contributed by atoms with Crippen molar-refractivity contribution in [3.05, 3.63) is 29.6 Å². The fraction of sp³-hybridized carbons (Fsp3) is 0.600. The van der Waals surface area contributed by atoms with E-state index in [0.717, 1.165) is 12.5 Å². The maximum atomic E-state index is 13.0. The van der Waals surface area contributed by atoms with Gasteiger partial charge in [0.1, 0.15) is 5.69 Å².